The van der Waals surface area contributed by atoms with Crippen LogP contribution < -0.4 is 0 Å². The van der Waals surface area contributed by atoms with Crippen molar-refractivity contribution >= 4 is 11.9 Å². The molecule has 0 unspecified atom stereocenters. The third kappa shape index (κ3) is 1.57. The molecule has 1 aromatic heterocycles. The van der Waals surface area contributed by atoms with Crippen LogP contribution in [-0.2, 0) is 10.2 Å². The number of nitrogens with zero attached hydrogens (tertiary/aromatic N) is 1. The molecule has 4 rings (SSSR count). The van der Waals surface area contributed by atoms with Gasteiger partial charge in [0.05, 0.1) is 5.69 Å². The quantitative estimate of drug-likeness (QED) is 0.797. The first-order valence-corrected chi connectivity index (χ1v) is 7.28. The summed E-state index contributed by atoms with van der Waals surface area (Å²) in [6.07, 6.45) is 4.07. The van der Waals surface area contributed by atoms with Gasteiger partial charge >= 0.3 is 6.09 Å². The minimum absolute atomic E-state index is 0.0586. The monoisotopic (exact) mass is 286 g/mol. The Bertz CT molecular complexity index is 695. The lowest BCUT2D eigenvalue weighted by molar-refractivity contribution is 0.0322. The second-order valence-corrected chi connectivity index (χ2v) is 7.12. The van der Waals surface area contributed by atoms with Crippen molar-refractivity contribution in [1.82, 2.24) is 9.88 Å². The Morgan fingerprint density at radius 3 is 2.95 bits per heavy atom. The average molecular weight is 286 g/mol. The molecule has 21 heavy (non-hydrogen) atoms. The fraction of sp³-hybridized carbons (Fsp3) is 0.500. The molecule has 1 spiro atoms. The number of nitrogens with one attached hydrogen (secondary N) is 1. The van der Waals surface area contributed by atoms with Gasteiger partial charge in [-0.3, -0.25) is 9.69 Å². The van der Waals surface area contributed by atoms with Gasteiger partial charge in [0.2, 0.25) is 5.78 Å². The average Bonchev–Trinajstić information content (AvgIpc) is 2.76. The molecule has 1 aromatic rings. The normalized spacial score (nSPS) is 29.5. The molecule has 3 aliphatic rings. The SMILES string of the molecule is CC(C)(C)OC(=O)N1C[C@@H]2C[C@@]23C1=CC(=O)c1[nH]ccc13. The Kier molecular flexibility index (Phi) is 2.17. The van der Waals surface area contributed by atoms with Crippen molar-refractivity contribution < 1.29 is 14.3 Å². The molecule has 1 aliphatic heterocycles. The van der Waals surface area contributed by atoms with Crippen LogP contribution in [0.4, 0.5) is 4.79 Å². The van der Waals surface area contributed by atoms with Crippen LogP contribution in [0.25, 0.3) is 0 Å². The number of fused-ring (bicyclic) bond motifs is 1. The summed E-state index contributed by atoms with van der Waals surface area (Å²) < 4.78 is 5.47. The predicted octanol–water partition coefficient (Wildman–Crippen LogP) is 2.60. The van der Waals surface area contributed by atoms with Gasteiger partial charge in [-0.2, -0.15) is 0 Å². The number of amides is 1. The van der Waals surface area contributed by atoms with Gasteiger partial charge in [-0.1, -0.05) is 0 Å². The zero-order valence-electron chi connectivity index (χ0n) is 12.4. The van der Waals surface area contributed by atoms with E-state index in [4.69, 9.17) is 4.74 Å². The lowest BCUT2D eigenvalue weighted by Gasteiger charge is -2.30. The molecular weight excluding hydrogens is 268 g/mol. The molecule has 1 saturated heterocycles. The van der Waals surface area contributed by atoms with E-state index in [1.165, 1.54) is 0 Å². The summed E-state index contributed by atoms with van der Waals surface area (Å²) in [5.74, 6) is 0.343. The van der Waals surface area contributed by atoms with Crippen LogP contribution in [0.15, 0.2) is 24.0 Å². The number of aromatic amines is 1. The number of carbonyl (C=O) groups excluding carboxylic acids is 2. The summed E-state index contributed by atoms with van der Waals surface area (Å²) in [6, 6.07) is 1.97. The van der Waals surface area contributed by atoms with Gasteiger partial charge in [0.1, 0.15) is 5.60 Å². The number of aromatic nitrogens is 1. The molecule has 1 N–H and O–H groups in total. The Labute approximate surface area is 123 Å². The number of ketones is 1. The van der Waals surface area contributed by atoms with Crippen LogP contribution in [-0.4, -0.2) is 33.9 Å². The van der Waals surface area contributed by atoms with E-state index in [-0.39, 0.29) is 17.3 Å². The molecule has 1 amide bonds. The number of H-pyrrole nitrogens is 1. The standard InChI is InChI=1S/C16H18N2O3/c1-15(2,3)21-14(20)18-8-9-7-16(9)10-4-5-17-13(10)11(19)6-12(16)18/h4-6,9,17H,7-8H2,1-3H3/t9-,16+/m0/s1. The maximum atomic E-state index is 12.4. The minimum atomic E-state index is -0.532. The molecule has 0 bridgehead atoms. The Balaban J connectivity index is 1.72. The molecule has 0 aromatic carbocycles. The number of ether oxygens (including phenoxy) is 1. The number of hydrogen-bond acceptors (Lipinski definition) is 3. The van der Waals surface area contributed by atoms with E-state index in [0.29, 0.717) is 18.2 Å². The van der Waals surface area contributed by atoms with E-state index < -0.39 is 5.60 Å². The van der Waals surface area contributed by atoms with Crippen molar-refractivity contribution in [3.63, 3.8) is 0 Å². The van der Waals surface area contributed by atoms with Crippen molar-refractivity contribution in [2.24, 2.45) is 5.92 Å². The molecular formula is C16H18N2O3. The van der Waals surface area contributed by atoms with E-state index in [9.17, 15) is 9.59 Å². The molecule has 0 radical (unpaired) electrons. The van der Waals surface area contributed by atoms with E-state index in [0.717, 1.165) is 17.7 Å². The fourth-order valence-corrected chi connectivity index (χ4v) is 3.73. The van der Waals surface area contributed by atoms with E-state index in [1.54, 1.807) is 17.2 Å². The van der Waals surface area contributed by atoms with E-state index >= 15 is 0 Å². The van der Waals surface area contributed by atoms with Gasteiger partial charge < -0.3 is 9.72 Å². The molecule has 2 atom stereocenters. The lowest BCUT2D eigenvalue weighted by Crippen LogP contribution is -2.37. The van der Waals surface area contributed by atoms with Gasteiger partial charge in [-0.05, 0) is 44.7 Å². The molecule has 2 aliphatic carbocycles. The Morgan fingerprint density at radius 2 is 2.24 bits per heavy atom. The number of allylic oxidation sites excluding steroid dienone is 2. The molecule has 5 heteroatoms. The maximum absolute atomic E-state index is 12.4. The largest absolute Gasteiger partial charge is 0.443 e. The minimum Gasteiger partial charge on any atom is -0.443 e. The molecule has 5 nitrogen and oxygen atoms in total. The highest BCUT2D eigenvalue weighted by molar-refractivity contribution is 6.07. The summed E-state index contributed by atoms with van der Waals surface area (Å²) in [7, 11) is 0. The lowest BCUT2D eigenvalue weighted by atomic mass is 9.85. The van der Waals surface area contributed by atoms with Gasteiger partial charge in [0.25, 0.3) is 0 Å². The van der Waals surface area contributed by atoms with Crippen molar-refractivity contribution in [1.29, 1.82) is 0 Å². The van der Waals surface area contributed by atoms with Crippen molar-refractivity contribution in [2.75, 3.05) is 6.54 Å². The first kappa shape index (κ1) is 12.7. The highest BCUT2D eigenvalue weighted by atomic mass is 16.6. The number of likely N-dealkylation sites (tertiary alicyclic amines) is 1. The predicted molar refractivity (Wildman–Crippen MR) is 75.9 cm³/mol. The first-order valence-electron chi connectivity index (χ1n) is 7.28. The third-order valence-electron chi connectivity index (χ3n) is 4.61. The van der Waals surface area contributed by atoms with Crippen LogP contribution in [0.3, 0.4) is 0 Å². The zero-order valence-corrected chi connectivity index (χ0v) is 12.4. The van der Waals surface area contributed by atoms with Crippen molar-refractivity contribution in [3.8, 4) is 0 Å². The summed E-state index contributed by atoms with van der Waals surface area (Å²) in [5.41, 5.74) is 1.86. The molecule has 2 heterocycles. The van der Waals surface area contributed by atoms with E-state index in [2.05, 4.69) is 4.98 Å². The van der Waals surface area contributed by atoms with Crippen molar-refractivity contribution in [2.45, 2.75) is 38.2 Å². The number of piperidine rings is 1. The summed E-state index contributed by atoms with van der Waals surface area (Å²) in [5, 5.41) is 0. The second kappa shape index (κ2) is 3.59. The van der Waals surface area contributed by atoms with Crippen LogP contribution >= 0.6 is 0 Å². The van der Waals surface area contributed by atoms with Crippen molar-refractivity contribution in [3.05, 3.63) is 35.3 Å². The van der Waals surface area contributed by atoms with Gasteiger partial charge in [-0.15, -0.1) is 0 Å². The highest BCUT2D eigenvalue weighted by Gasteiger charge is 2.68. The second-order valence-electron chi connectivity index (χ2n) is 7.12. The summed E-state index contributed by atoms with van der Waals surface area (Å²) in [4.78, 5) is 29.3. The highest BCUT2D eigenvalue weighted by Crippen LogP contribution is 2.66. The number of rotatable bonds is 0. The smallest absolute Gasteiger partial charge is 0.414 e. The Hall–Kier alpha value is -2.04. The van der Waals surface area contributed by atoms with Gasteiger partial charge in [0, 0.05) is 29.9 Å². The molecule has 110 valence electrons. The fourth-order valence-electron chi connectivity index (χ4n) is 3.73. The van der Waals surface area contributed by atoms with Crippen LogP contribution in [0.2, 0.25) is 0 Å². The van der Waals surface area contributed by atoms with Crippen LogP contribution in [0.1, 0.15) is 43.2 Å². The topological polar surface area (TPSA) is 62.4 Å². The molecule has 2 fully saturated rings. The number of hydrogen-bond donors (Lipinski definition) is 1. The zero-order chi connectivity index (χ0) is 15.0. The van der Waals surface area contributed by atoms with Gasteiger partial charge in [0.15, 0.2) is 0 Å². The Morgan fingerprint density at radius 1 is 1.48 bits per heavy atom. The van der Waals surface area contributed by atoms with Crippen LogP contribution in [0.5, 0.6) is 0 Å². The first-order chi connectivity index (χ1) is 9.83. The third-order valence-corrected chi connectivity index (χ3v) is 4.61. The maximum Gasteiger partial charge on any atom is 0.414 e. The summed E-state index contributed by atoms with van der Waals surface area (Å²) >= 11 is 0. The van der Waals surface area contributed by atoms with Crippen LogP contribution in [0, 0.1) is 5.92 Å². The molecule has 1 saturated carbocycles. The number of carbonyl (C=O) groups is 2. The van der Waals surface area contributed by atoms with E-state index in [1.807, 2.05) is 26.8 Å². The van der Waals surface area contributed by atoms with Gasteiger partial charge in [-0.25, -0.2) is 4.79 Å². The summed E-state index contributed by atoms with van der Waals surface area (Å²) in [6.45, 7) is 6.19.